The number of aromatic nitrogens is 1. The minimum absolute atomic E-state index is 0.00989. The summed E-state index contributed by atoms with van der Waals surface area (Å²) in [5.41, 5.74) is 0.999. The molecule has 2 aromatic rings. The molecule has 1 aliphatic rings. The Hall–Kier alpha value is -2.89. The lowest BCUT2D eigenvalue weighted by Gasteiger charge is -2.18. The summed E-state index contributed by atoms with van der Waals surface area (Å²) in [5.74, 6) is -1.08. The number of benzene rings is 1. The van der Waals surface area contributed by atoms with Gasteiger partial charge in [0.2, 0.25) is 5.91 Å². The largest absolute Gasteiger partial charge is 0.485 e. The molecule has 2 heterocycles. The Morgan fingerprint density at radius 2 is 2.04 bits per heavy atom. The highest BCUT2D eigenvalue weighted by Crippen LogP contribution is 2.31. The number of anilines is 1. The van der Waals surface area contributed by atoms with Crippen LogP contribution in [0.5, 0.6) is 5.75 Å². The molecule has 23 heavy (non-hydrogen) atoms. The molecule has 1 aromatic heterocycles. The molecule has 1 unspecified atom stereocenters. The van der Waals surface area contributed by atoms with Gasteiger partial charge in [0.15, 0.2) is 11.6 Å². The number of amides is 1. The average molecular weight is 312 g/mol. The number of carboxylic acids is 1. The summed E-state index contributed by atoms with van der Waals surface area (Å²) in [4.78, 5) is 28.8. The fraction of sp³-hybridized carbons (Fsp3) is 0.235. The number of carboxylic acid groups (broad SMARTS) is 1. The molecule has 1 aromatic carbocycles. The van der Waals surface area contributed by atoms with Gasteiger partial charge in [-0.05, 0) is 17.7 Å². The molecule has 1 fully saturated rings. The Bertz CT molecular complexity index is 718. The van der Waals surface area contributed by atoms with Crippen LogP contribution in [0, 0.1) is 5.92 Å². The highest BCUT2D eigenvalue weighted by atomic mass is 16.5. The van der Waals surface area contributed by atoms with E-state index in [2.05, 4.69) is 4.98 Å². The SMILES string of the molecule is O=C(O)C1CC(=O)N(c2ncccc2OCc2ccccc2)C1. The first-order chi connectivity index (χ1) is 11.1. The van der Waals surface area contributed by atoms with Gasteiger partial charge in [-0.25, -0.2) is 4.98 Å². The lowest BCUT2D eigenvalue weighted by molar-refractivity contribution is -0.141. The molecular weight excluding hydrogens is 296 g/mol. The normalized spacial score (nSPS) is 17.3. The Morgan fingerprint density at radius 3 is 2.74 bits per heavy atom. The van der Waals surface area contributed by atoms with Crippen LogP contribution in [0.2, 0.25) is 0 Å². The molecule has 1 saturated heterocycles. The predicted octanol–water partition coefficient (Wildman–Crippen LogP) is 2.10. The average Bonchev–Trinajstić information content (AvgIpc) is 2.96. The molecule has 1 N–H and O–H groups in total. The molecule has 3 rings (SSSR count). The number of rotatable bonds is 5. The highest BCUT2D eigenvalue weighted by molar-refractivity contribution is 5.99. The number of carbonyl (C=O) groups excluding carboxylic acids is 1. The van der Waals surface area contributed by atoms with Crippen LogP contribution in [0.4, 0.5) is 5.82 Å². The smallest absolute Gasteiger partial charge is 0.308 e. The fourth-order valence-corrected chi connectivity index (χ4v) is 2.51. The summed E-state index contributed by atoms with van der Waals surface area (Å²) in [6, 6.07) is 13.1. The topological polar surface area (TPSA) is 79.7 Å². The fourth-order valence-electron chi connectivity index (χ4n) is 2.51. The van der Waals surface area contributed by atoms with E-state index >= 15 is 0 Å². The molecule has 0 spiro atoms. The Kier molecular flexibility index (Phi) is 4.23. The summed E-state index contributed by atoms with van der Waals surface area (Å²) in [7, 11) is 0. The van der Waals surface area contributed by atoms with Gasteiger partial charge in [0, 0.05) is 19.2 Å². The standard InChI is InChI=1S/C17H16N2O4/c20-15-9-13(17(21)22)10-19(15)16-14(7-4-8-18-16)23-11-12-5-2-1-3-6-12/h1-8,13H,9-11H2,(H,21,22). The van der Waals surface area contributed by atoms with E-state index in [0.29, 0.717) is 18.2 Å². The molecule has 0 aliphatic carbocycles. The third kappa shape index (κ3) is 3.31. The van der Waals surface area contributed by atoms with Crippen molar-refractivity contribution in [3.8, 4) is 5.75 Å². The number of ether oxygens (including phenoxy) is 1. The molecule has 1 aliphatic heterocycles. The van der Waals surface area contributed by atoms with Crippen molar-refractivity contribution in [3.05, 3.63) is 54.2 Å². The summed E-state index contributed by atoms with van der Waals surface area (Å²) in [6.07, 6.45) is 1.55. The number of nitrogens with zero attached hydrogens (tertiary/aromatic N) is 2. The van der Waals surface area contributed by atoms with Crippen molar-refractivity contribution in [2.75, 3.05) is 11.4 Å². The van der Waals surface area contributed by atoms with Crippen molar-refractivity contribution in [2.45, 2.75) is 13.0 Å². The van der Waals surface area contributed by atoms with E-state index in [1.54, 1.807) is 18.3 Å². The monoisotopic (exact) mass is 312 g/mol. The number of carbonyl (C=O) groups is 2. The van der Waals surface area contributed by atoms with Crippen molar-refractivity contribution in [2.24, 2.45) is 5.92 Å². The molecular formula is C17H16N2O4. The quantitative estimate of drug-likeness (QED) is 0.914. The lowest BCUT2D eigenvalue weighted by atomic mass is 10.1. The molecule has 6 heteroatoms. The maximum atomic E-state index is 12.1. The van der Waals surface area contributed by atoms with Gasteiger partial charge >= 0.3 is 5.97 Å². The zero-order chi connectivity index (χ0) is 16.2. The van der Waals surface area contributed by atoms with Crippen LogP contribution in [0.15, 0.2) is 48.7 Å². The Labute approximate surface area is 133 Å². The van der Waals surface area contributed by atoms with Crippen molar-refractivity contribution in [1.29, 1.82) is 0 Å². The zero-order valence-corrected chi connectivity index (χ0v) is 12.4. The van der Waals surface area contributed by atoms with E-state index in [-0.39, 0.29) is 18.9 Å². The van der Waals surface area contributed by atoms with Gasteiger partial charge in [0.05, 0.1) is 5.92 Å². The van der Waals surface area contributed by atoms with Crippen LogP contribution in [0.1, 0.15) is 12.0 Å². The molecule has 1 atom stereocenters. The Balaban J connectivity index is 1.78. The molecule has 6 nitrogen and oxygen atoms in total. The zero-order valence-electron chi connectivity index (χ0n) is 12.4. The molecule has 118 valence electrons. The Morgan fingerprint density at radius 1 is 1.26 bits per heavy atom. The summed E-state index contributed by atoms with van der Waals surface area (Å²) in [6.45, 7) is 0.469. The van der Waals surface area contributed by atoms with Crippen LogP contribution in [-0.2, 0) is 16.2 Å². The maximum Gasteiger partial charge on any atom is 0.308 e. The van der Waals surface area contributed by atoms with E-state index in [1.165, 1.54) is 4.90 Å². The number of hydrogen-bond acceptors (Lipinski definition) is 4. The first-order valence-electron chi connectivity index (χ1n) is 7.30. The summed E-state index contributed by atoms with van der Waals surface area (Å²) in [5, 5.41) is 9.09. The van der Waals surface area contributed by atoms with E-state index < -0.39 is 11.9 Å². The highest BCUT2D eigenvalue weighted by Gasteiger charge is 2.36. The molecule has 0 saturated carbocycles. The van der Waals surface area contributed by atoms with Crippen LogP contribution in [0.3, 0.4) is 0 Å². The van der Waals surface area contributed by atoms with E-state index in [0.717, 1.165) is 5.56 Å². The minimum Gasteiger partial charge on any atom is -0.485 e. The second kappa shape index (κ2) is 6.48. The number of hydrogen-bond donors (Lipinski definition) is 1. The van der Waals surface area contributed by atoms with E-state index in [4.69, 9.17) is 9.84 Å². The predicted molar refractivity (Wildman–Crippen MR) is 83.1 cm³/mol. The van der Waals surface area contributed by atoms with Crippen molar-refractivity contribution < 1.29 is 19.4 Å². The van der Waals surface area contributed by atoms with Crippen molar-refractivity contribution in [1.82, 2.24) is 4.98 Å². The van der Waals surface area contributed by atoms with Gasteiger partial charge < -0.3 is 9.84 Å². The number of aliphatic carboxylic acids is 1. The first-order valence-corrected chi connectivity index (χ1v) is 7.30. The van der Waals surface area contributed by atoms with Crippen molar-refractivity contribution >= 4 is 17.7 Å². The second-order valence-corrected chi connectivity index (χ2v) is 5.34. The number of pyridine rings is 1. The van der Waals surface area contributed by atoms with Crippen molar-refractivity contribution in [3.63, 3.8) is 0 Å². The molecule has 1 amide bonds. The van der Waals surface area contributed by atoms with Crippen LogP contribution in [0.25, 0.3) is 0 Å². The third-order valence-corrected chi connectivity index (χ3v) is 3.72. The van der Waals surface area contributed by atoms with Gasteiger partial charge in [-0.3, -0.25) is 14.5 Å². The van der Waals surface area contributed by atoms with Crippen LogP contribution in [-0.4, -0.2) is 28.5 Å². The van der Waals surface area contributed by atoms with E-state index in [9.17, 15) is 9.59 Å². The van der Waals surface area contributed by atoms with Crippen LogP contribution < -0.4 is 9.64 Å². The first kappa shape index (κ1) is 15.0. The van der Waals surface area contributed by atoms with Gasteiger partial charge in [0.1, 0.15) is 6.61 Å². The van der Waals surface area contributed by atoms with Gasteiger partial charge in [0.25, 0.3) is 0 Å². The van der Waals surface area contributed by atoms with Crippen LogP contribution >= 0.6 is 0 Å². The maximum absolute atomic E-state index is 12.1. The lowest BCUT2D eigenvalue weighted by Crippen LogP contribution is -2.27. The molecule has 0 bridgehead atoms. The van der Waals surface area contributed by atoms with Gasteiger partial charge in [-0.2, -0.15) is 0 Å². The van der Waals surface area contributed by atoms with Gasteiger partial charge in [-0.15, -0.1) is 0 Å². The summed E-state index contributed by atoms with van der Waals surface area (Å²) >= 11 is 0. The third-order valence-electron chi connectivity index (χ3n) is 3.72. The summed E-state index contributed by atoms with van der Waals surface area (Å²) < 4.78 is 5.78. The molecule has 0 radical (unpaired) electrons. The van der Waals surface area contributed by atoms with E-state index in [1.807, 2.05) is 30.3 Å². The minimum atomic E-state index is -0.969. The van der Waals surface area contributed by atoms with Gasteiger partial charge in [-0.1, -0.05) is 30.3 Å². The second-order valence-electron chi connectivity index (χ2n) is 5.34.